The molecule has 0 radical (unpaired) electrons. The maximum absolute atomic E-state index is 13.0. The highest BCUT2D eigenvalue weighted by molar-refractivity contribution is 5.97. The van der Waals surface area contributed by atoms with Crippen molar-refractivity contribution in [3.05, 3.63) is 95.1 Å². The van der Waals surface area contributed by atoms with E-state index in [0.717, 1.165) is 56.8 Å². The van der Waals surface area contributed by atoms with Crippen LogP contribution in [0.2, 0.25) is 0 Å². The third-order valence-corrected chi connectivity index (χ3v) is 8.04. The van der Waals surface area contributed by atoms with E-state index in [0.29, 0.717) is 42.4 Å². The van der Waals surface area contributed by atoms with Gasteiger partial charge in [0.05, 0.1) is 19.2 Å². The Morgan fingerprint density at radius 3 is 2.20 bits per heavy atom. The molecule has 0 unspecified atom stereocenters. The summed E-state index contributed by atoms with van der Waals surface area (Å²) in [6.45, 7) is 11.1. The van der Waals surface area contributed by atoms with Crippen LogP contribution in [0.25, 0.3) is 4.85 Å². The van der Waals surface area contributed by atoms with E-state index < -0.39 is 0 Å². The number of nitrogens with zero attached hydrogens (tertiary/aromatic N) is 4. The van der Waals surface area contributed by atoms with Crippen molar-refractivity contribution in [2.75, 3.05) is 33.3 Å². The fourth-order valence-electron chi connectivity index (χ4n) is 5.54. The van der Waals surface area contributed by atoms with Crippen molar-refractivity contribution in [3.63, 3.8) is 0 Å². The lowest BCUT2D eigenvalue weighted by Gasteiger charge is -2.32. The quantitative estimate of drug-likeness (QED) is 0.246. The molecule has 2 saturated heterocycles. The van der Waals surface area contributed by atoms with E-state index in [9.17, 15) is 9.59 Å². The Labute approximate surface area is 241 Å². The lowest BCUT2D eigenvalue weighted by atomic mass is 9.90. The van der Waals surface area contributed by atoms with Crippen molar-refractivity contribution >= 4 is 17.4 Å². The number of carbonyl (C=O) groups excluding carboxylic acids is 2. The number of benzene rings is 2. The number of methoxy groups -OCH3 is 1. The van der Waals surface area contributed by atoms with Crippen LogP contribution in [0, 0.1) is 12.5 Å². The smallest absolute Gasteiger partial charge is 0.255 e. The third kappa shape index (κ3) is 7.50. The zero-order chi connectivity index (χ0) is 28.6. The lowest BCUT2D eigenvalue weighted by molar-refractivity contribution is 0.0594. The second-order valence-electron chi connectivity index (χ2n) is 10.8. The van der Waals surface area contributed by atoms with Crippen molar-refractivity contribution < 1.29 is 19.1 Å². The number of hydrogen-bond donors (Lipinski definition) is 0. The number of pyridine rings is 1. The largest absolute Gasteiger partial charge is 0.497 e. The number of ketones is 1. The zero-order valence-electron chi connectivity index (χ0n) is 23.5. The van der Waals surface area contributed by atoms with Gasteiger partial charge in [-0.15, -0.1) is 0 Å². The molecule has 41 heavy (non-hydrogen) atoms. The highest BCUT2D eigenvalue weighted by atomic mass is 16.5. The topological polar surface area (TPSA) is 76.3 Å². The van der Waals surface area contributed by atoms with Crippen molar-refractivity contribution in [2.45, 2.75) is 44.8 Å². The molecule has 0 N–H and O–H groups in total. The lowest BCUT2D eigenvalue weighted by Crippen LogP contribution is -2.41. The SMILES string of the molecule is [C-]#[N+]c1ccc(OC2CCN(C(=O)c3ccc(C(=O)CC4CCN(Cc5ccc(OC)cc5)CC4)nc3)CC2)cc1. The molecule has 0 spiro atoms. The van der Waals surface area contributed by atoms with E-state index in [1.54, 1.807) is 31.4 Å². The van der Waals surface area contributed by atoms with Crippen LogP contribution in [0.15, 0.2) is 66.9 Å². The van der Waals surface area contributed by atoms with Gasteiger partial charge in [-0.3, -0.25) is 19.5 Å². The normalized spacial score (nSPS) is 16.6. The van der Waals surface area contributed by atoms with Crippen LogP contribution in [0.1, 0.15) is 58.5 Å². The van der Waals surface area contributed by atoms with E-state index in [1.165, 1.54) is 11.8 Å². The fraction of sp³-hybridized carbons (Fsp3) is 0.394. The average molecular weight is 553 g/mol. The number of piperidine rings is 2. The Morgan fingerprint density at radius 1 is 0.902 bits per heavy atom. The van der Waals surface area contributed by atoms with Crippen LogP contribution in [0.4, 0.5) is 5.69 Å². The first-order chi connectivity index (χ1) is 20.0. The molecule has 1 amide bonds. The Balaban J connectivity index is 1.05. The molecule has 0 saturated carbocycles. The van der Waals surface area contributed by atoms with E-state index in [4.69, 9.17) is 16.0 Å². The minimum atomic E-state index is -0.0689. The summed E-state index contributed by atoms with van der Waals surface area (Å²) in [5.74, 6) is 1.93. The van der Waals surface area contributed by atoms with Gasteiger partial charge in [0.15, 0.2) is 11.5 Å². The third-order valence-electron chi connectivity index (χ3n) is 8.04. The number of rotatable bonds is 9. The van der Waals surface area contributed by atoms with E-state index in [1.807, 2.05) is 29.2 Å². The van der Waals surface area contributed by atoms with Crippen LogP contribution in [-0.2, 0) is 6.54 Å². The summed E-state index contributed by atoms with van der Waals surface area (Å²) in [5.41, 5.74) is 2.78. The van der Waals surface area contributed by atoms with Crippen molar-refractivity contribution in [1.82, 2.24) is 14.8 Å². The molecule has 5 rings (SSSR count). The number of carbonyl (C=O) groups is 2. The second-order valence-corrected chi connectivity index (χ2v) is 10.8. The maximum atomic E-state index is 13.0. The molecule has 0 atom stereocenters. The summed E-state index contributed by atoms with van der Waals surface area (Å²) >= 11 is 0. The van der Waals surface area contributed by atoms with Gasteiger partial charge in [-0.1, -0.05) is 24.3 Å². The first-order valence-electron chi connectivity index (χ1n) is 14.3. The Kier molecular flexibility index (Phi) is 9.27. The van der Waals surface area contributed by atoms with Gasteiger partial charge < -0.3 is 14.4 Å². The van der Waals surface area contributed by atoms with Crippen LogP contribution < -0.4 is 9.47 Å². The van der Waals surface area contributed by atoms with E-state index in [-0.39, 0.29) is 17.8 Å². The van der Waals surface area contributed by atoms with E-state index >= 15 is 0 Å². The first kappa shape index (κ1) is 28.3. The van der Waals surface area contributed by atoms with Gasteiger partial charge in [-0.05, 0) is 73.8 Å². The predicted molar refractivity (Wildman–Crippen MR) is 156 cm³/mol. The molecule has 2 aromatic carbocycles. The Hall–Kier alpha value is -4.22. The maximum Gasteiger partial charge on any atom is 0.255 e. The van der Waals surface area contributed by atoms with Gasteiger partial charge >= 0.3 is 0 Å². The molecule has 212 valence electrons. The zero-order valence-corrected chi connectivity index (χ0v) is 23.5. The Bertz CT molecular complexity index is 1350. The summed E-state index contributed by atoms with van der Waals surface area (Å²) in [6, 6.07) is 18.7. The van der Waals surface area contributed by atoms with Crippen molar-refractivity contribution in [2.24, 2.45) is 5.92 Å². The summed E-state index contributed by atoms with van der Waals surface area (Å²) in [7, 11) is 1.67. The summed E-state index contributed by atoms with van der Waals surface area (Å²) in [4.78, 5) is 38.0. The van der Waals surface area contributed by atoms with E-state index in [2.05, 4.69) is 26.9 Å². The van der Waals surface area contributed by atoms with Gasteiger partial charge in [0.1, 0.15) is 23.3 Å². The molecule has 2 aliphatic heterocycles. The molecule has 2 fully saturated rings. The molecule has 8 nitrogen and oxygen atoms in total. The van der Waals surface area contributed by atoms with Gasteiger partial charge in [0.2, 0.25) is 0 Å². The number of Topliss-reactive ketones (excluding diaryl/α,β-unsaturated/α-hetero) is 1. The molecule has 3 aromatic rings. The highest BCUT2D eigenvalue weighted by Gasteiger charge is 2.26. The second kappa shape index (κ2) is 13.4. The molecule has 2 aliphatic rings. The standard InChI is InChI=1S/C33H36N4O4/c1-34-27-6-10-29(11-7-27)41-30-15-19-37(20-16-30)33(39)26-5-12-31(35-22-26)32(38)21-24-13-17-36(18-14-24)23-25-3-8-28(40-2)9-4-25/h3-12,22,24,30H,13-21,23H2,2H3. The van der Waals surface area contributed by atoms with Crippen LogP contribution >= 0.6 is 0 Å². The number of ether oxygens (including phenoxy) is 2. The highest BCUT2D eigenvalue weighted by Crippen LogP contribution is 2.25. The van der Waals surface area contributed by atoms with Crippen LogP contribution in [0.3, 0.4) is 0 Å². The summed E-state index contributed by atoms with van der Waals surface area (Å²) in [5, 5.41) is 0. The predicted octanol–water partition coefficient (Wildman–Crippen LogP) is 5.81. The summed E-state index contributed by atoms with van der Waals surface area (Å²) < 4.78 is 11.3. The van der Waals surface area contributed by atoms with Gasteiger partial charge in [0, 0.05) is 45.1 Å². The van der Waals surface area contributed by atoms with Gasteiger partial charge in [-0.2, -0.15) is 0 Å². The number of hydrogen-bond acceptors (Lipinski definition) is 6. The molecule has 1 aromatic heterocycles. The number of amides is 1. The molecule has 0 aliphatic carbocycles. The Morgan fingerprint density at radius 2 is 1.59 bits per heavy atom. The molecular formula is C33H36N4O4. The van der Waals surface area contributed by atoms with Gasteiger partial charge in [0.25, 0.3) is 5.91 Å². The van der Waals surface area contributed by atoms with Crippen LogP contribution in [0.5, 0.6) is 11.5 Å². The molecule has 3 heterocycles. The van der Waals surface area contributed by atoms with Crippen molar-refractivity contribution in [3.8, 4) is 11.5 Å². The summed E-state index contributed by atoms with van der Waals surface area (Å²) in [6.07, 6.45) is 5.51. The van der Waals surface area contributed by atoms with Gasteiger partial charge in [-0.25, -0.2) is 4.85 Å². The molecule has 0 bridgehead atoms. The molecule has 8 heteroatoms. The van der Waals surface area contributed by atoms with Crippen molar-refractivity contribution in [1.29, 1.82) is 0 Å². The monoisotopic (exact) mass is 552 g/mol. The number of aromatic nitrogens is 1. The average Bonchev–Trinajstić information content (AvgIpc) is 3.03. The minimum Gasteiger partial charge on any atom is -0.497 e. The number of likely N-dealkylation sites (tertiary alicyclic amines) is 2. The first-order valence-corrected chi connectivity index (χ1v) is 14.3. The fourth-order valence-corrected chi connectivity index (χ4v) is 5.54. The minimum absolute atomic E-state index is 0.0327. The van der Waals surface area contributed by atoms with Crippen LogP contribution in [-0.4, -0.2) is 65.9 Å². The molecular weight excluding hydrogens is 516 g/mol.